The molecule has 8 nitrogen and oxygen atoms in total. The number of hydrogen-bond donors (Lipinski definition) is 0. The van der Waals surface area contributed by atoms with Gasteiger partial charge < -0.3 is 0 Å². The van der Waals surface area contributed by atoms with Crippen LogP contribution in [-0.2, 0) is 28.6 Å². The Labute approximate surface area is 124 Å². The summed E-state index contributed by atoms with van der Waals surface area (Å²) in [7, 11) is 2.28. The summed E-state index contributed by atoms with van der Waals surface area (Å²) in [5.74, 6) is -2.42. The summed E-state index contributed by atoms with van der Waals surface area (Å²) in [6.07, 6.45) is 0. The quantitative estimate of drug-likeness (QED) is 0.298. The van der Waals surface area contributed by atoms with Crippen LogP contribution in [0.1, 0.15) is 6.92 Å². The van der Waals surface area contributed by atoms with Crippen LogP contribution in [0.3, 0.4) is 0 Å². The predicted octanol–water partition coefficient (Wildman–Crippen LogP) is -1.06. The van der Waals surface area contributed by atoms with Crippen LogP contribution in [0.4, 0.5) is 0 Å². The maximum atomic E-state index is 11.9. The van der Waals surface area contributed by atoms with Gasteiger partial charge in [0.1, 0.15) is 0 Å². The van der Waals surface area contributed by atoms with Gasteiger partial charge in [0.2, 0.25) is 0 Å². The molecule has 19 heavy (non-hydrogen) atoms. The number of esters is 3. The van der Waals surface area contributed by atoms with Crippen molar-refractivity contribution in [3.05, 3.63) is 11.3 Å². The van der Waals surface area contributed by atoms with Crippen molar-refractivity contribution in [3.63, 3.8) is 0 Å². The van der Waals surface area contributed by atoms with Gasteiger partial charge in [0.15, 0.2) is 0 Å². The molecule has 0 aromatic rings. The number of nitrogens with zero attached hydrogens (tertiary/aromatic N) is 2. The van der Waals surface area contributed by atoms with Gasteiger partial charge in [-0.1, -0.05) is 0 Å². The summed E-state index contributed by atoms with van der Waals surface area (Å²) in [6.45, 7) is 1.76. The van der Waals surface area contributed by atoms with Gasteiger partial charge in [-0.15, -0.1) is 0 Å². The minimum atomic E-state index is -1.54. The Balaban J connectivity index is 3.32. The third kappa shape index (κ3) is 2.81. The van der Waals surface area contributed by atoms with Gasteiger partial charge in [0.05, 0.1) is 0 Å². The van der Waals surface area contributed by atoms with E-state index in [0.717, 1.165) is 14.2 Å². The van der Waals surface area contributed by atoms with Crippen molar-refractivity contribution in [3.8, 4) is 0 Å². The Morgan fingerprint density at radius 1 is 1.21 bits per heavy atom. The molecule has 0 radical (unpaired) electrons. The third-order valence-corrected chi connectivity index (χ3v) is 4.77. The molecule has 0 saturated carbocycles. The van der Waals surface area contributed by atoms with Gasteiger partial charge in [0, 0.05) is 0 Å². The van der Waals surface area contributed by atoms with Crippen molar-refractivity contribution in [1.29, 1.82) is 0 Å². The third-order valence-electron chi connectivity index (χ3n) is 2.28. The number of rotatable bonds is 4. The number of azo groups is 1. The fourth-order valence-electron chi connectivity index (χ4n) is 1.39. The van der Waals surface area contributed by atoms with Gasteiger partial charge in [-0.05, 0) is 0 Å². The van der Waals surface area contributed by atoms with Gasteiger partial charge in [-0.2, -0.15) is 0 Å². The van der Waals surface area contributed by atoms with Gasteiger partial charge in [-0.25, -0.2) is 0 Å². The second-order valence-corrected chi connectivity index (χ2v) is 6.64. The maximum absolute atomic E-state index is 11.9. The van der Waals surface area contributed by atoms with Crippen molar-refractivity contribution in [1.82, 2.24) is 0 Å². The van der Waals surface area contributed by atoms with Gasteiger partial charge >= 0.3 is 124 Å². The monoisotopic (exact) mass is 466 g/mol. The molecule has 0 fully saturated rings. The SMILES string of the molecule is CCOC(=O)[C]1([BiH2])N=NC(C(=O)OC)=C1C(=O)OC. The van der Waals surface area contributed by atoms with E-state index in [2.05, 4.69) is 19.7 Å². The molecule has 0 amide bonds. The summed E-state index contributed by atoms with van der Waals surface area (Å²) >= 11 is -0.142. The molecule has 1 atom stereocenters. The molecule has 1 aliphatic heterocycles. The second-order valence-electron chi connectivity index (χ2n) is 3.39. The second kappa shape index (κ2) is 6.19. The molecule has 0 spiro atoms. The van der Waals surface area contributed by atoms with Crippen LogP contribution >= 0.6 is 0 Å². The summed E-state index contributed by atoms with van der Waals surface area (Å²) in [5, 5.41) is 7.32. The first-order valence-electron chi connectivity index (χ1n) is 5.22. The molecule has 104 valence electrons. The van der Waals surface area contributed by atoms with Crippen molar-refractivity contribution in [2.24, 2.45) is 10.2 Å². The van der Waals surface area contributed by atoms with E-state index in [0.29, 0.717) is 0 Å². The number of hydrogen-bond acceptors (Lipinski definition) is 8. The molecule has 0 bridgehead atoms. The molecule has 0 aliphatic carbocycles. The Kier molecular flexibility index (Phi) is 5.11. The summed E-state index contributed by atoms with van der Waals surface area (Å²) < 4.78 is 12.4. The molecule has 0 saturated heterocycles. The first-order valence-corrected chi connectivity index (χ1v) is 7.47. The molecule has 1 aliphatic rings. The van der Waals surface area contributed by atoms with E-state index < -0.39 is 21.2 Å². The molecule has 1 heterocycles. The predicted molar refractivity (Wildman–Crippen MR) is 63.8 cm³/mol. The number of carbonyl (C=O) groups is 3. The van der Waals surface area contributed by atoms with E-state index in [9.17, 15) is 14.4 Å². The first kappa shape index (κ1) is 15.7. The van der Waals surface area contributed by atoms with E-state index in [1.807, 2.05) is 0 Å². The Morgan fingerprint density at radius 2 is 1.79 bits per heavy atom. The molecule has 9 heteroatoms. The van der Waals surface area contributed by atoms with Crippen LogP contribution < -0.4 is 0 Å². The molecular weight excluding hydrogens is 453 g/mol. The first-order chi connectivity index (χ1) is 8.92. The number of carbonyl (C=O) groups excluding carboxylic acids is 3. The Morgan fingerprint density at radius 3 is 2.26 bits per heavy atom. The van der Waals surface area contributed by atoms with Crippen LogP contribution in [0.15, 0.2) is 21.5 Å². The number of methoxy groups -OCH3 is 2. The molecule has 0 aromatic heterocycles. The molecule has 1 rings (SSSR count). The summed E-state index contributed by atoms with van der Waals surface area (Å²) in [5.41, 5.74) is -0.532. The molecule has 0 N–H and O–H groups in total. The number of ether oxygens (including phenoxy) is 3. The van der Waals surface area contributed by atoms with Crippen LogP contribution in [0.2, 0.25) is 0 Å². The van der Waals surface area contributed by atoms with E-state index >= 15 is 0 Å². The minimum absolute atomic E-state index is 0.130. The zero-order valence-corrected chi connectivity index (χ0v) is 15.1. The average molecular weight is 466 g/mol. The van der Waals surface area contributed by atoms with Gasteiger partial charge in [-0.3, -0.25) is 0 Å². The van der Waals surface area contributed by atoms with Gasteiger partial charge in [0.25, 0.3) is 0 Å². The van der Waals surface area contributed by atoms with Crippen molar-refractivity contribution in [2.75, 3.05) is 20.8 Å². The van der Waals surface area contributed by atoms with Crippen LogP contribution in [0, 0.1) is 0 Å². The summed E-state index contributed by atoms with van der Waals surface area (Å²) in [4.78, 5) is 35.2. The van der Waals surface area contributed by atoms with E-state index in [-0.39, 0.29) is 42.6 Å². The summed E-state index contributed by atoms with van der Waals surface area (Å²) in [6, 6.07) is 0. The van der Waals surface area contributed by atoms with E-state index in [1.54, 1.807) is 6.92 Å². The fourth-order valence-corrected chi connectivity index (χ4v) is 2.93. The van der Waals surface area contributed by atoms with Crippen LogP contribution in [-0.4, -0.2) is 66.7 Å². The van der Waals surface area contributed by atoms with Crippen LogP contribution in [0.25, 0.3) is 0 Å². The topological polar surface area (TPSA) is 104 Å². The fraction of sp³-hybridized carbons (Fsp3) is 0.500. The molecule has 1 unspecified atom stereocenters. The average Bonchev–Trinajstić information content (AvgIpc) is 2.76. The standard InChI is InChI=1S/C10H11N2O6.Bi.2H/c1-4-18-10(15)7-5(8(13)16-2)6(11-12-7)9(14)17-3;;;/h4H2,1-3H3;;;. The zero-order chi connectivity index (χ0) is 14.6. The van der Waals surface area contributed by atoms with Crippen LogP contribution in [0.5, 0.6) is 0 Å². The van der Waals surface area contributed by atoms with Crippen molar-refractivity contribution < 1.29 is 28.6 Å². The van der Waals surface area contributed by atoms with E-state index in [1.165, 1.54) is 0 Å². The van der Waals surface area contributed by atoms with Crippen molar-refractivity contribution >= 4 is 42.6 Å². The molecule has 0 aromatic carbocycles. The zero-order valence-electron chi connectivity index (χ0n) is 10.6. The molecular formula is C10H13BiN2O6. The van der Waals surface area contributed by atoms with Crippen molar-refractivity contribution in [2.45, 2.75) is 10.2 Å². The Hall–Kier alpha value is -1.37. The Bertz CT molecular complexity index is 486. The normalized spacial score (nSPS) is 21.3. The van der Waals surface area contributed by atoms with E-state index in [4.69, 9.17) is 4.74 Å².